The lowest BCUT2D eigenvalue weighted by Crippen LogP contribution is -2.37. The largest absolute Gasteiger partial charge is 0.395 e. The van der Waals surface area contributed by atoms with Crippen molar-refractivity contribution in [3.05, 3.63) is 26.7 Å². The number of sulfonamides is 1. The van der Waals surface area contributed by atoms with E-state index in [1.807, 2.05) is 0 Å². The van der Waals surface area contributed by atoms with Crippen molar-refractivity contribution < 1.29 is 13.5 Å². The first kappa shape index (κ1) is 16.2. The molecule has 1 aromatic rings. The minimum Gasteiger partial charge on any atom is -0.395 e. The summed E-state index contributed by atoms with van der Waals surface area (Å²) < 4.78 is 26.9. The molecule has 0 fully saturated rings. The summed E-state index contributed by atoms with van der Waals surface area (Å²) in [6, 6.07) is 2.15. The highest BCUT2D eigenvalue weighted by atomic mass is 79.9. The third-order valence-corrected chi connectivity index (χ3v) is 5.50. The maximum absolute atomic E-state index is 12.1. The average molecular weight is 377 g/mol. The Hall–Kier alpha value is 0.150. The third-order valence-electron chi connectivity index (χ3n) is 2.30. The molecule has 1 atom stereocenters. The predicted molar refractivity (Wildman–Crippen MR) is 75.6 cm³/mol. The van der Waals surface area contributed by atoms with Crippen LogP contribution in [-0.4, -0.2) is 26.2 Å². The lowest BCUT2D eigenvalue weighted by atomic mass is 10.3. The number of hydrogen-bond donors (Lipinski definition) is 2. The van der Waals surface area contributed by atoms with E-state index >= 15 is 0 Å². The van der Waals surface area contributed by atoms with Gasteiger partial charge in [-0.3, -0.25) is 0 Å². The second kappa shape index (κ2) is 6.54. The average Bonchev–Trinajstić information content (AvgIpc) is 2.30. The molecule has 102 valence electrons. The van der Waals surface area contributed by atoms with Crippen molar-refractivity contribution in [1.29, 1.82) is 0 Å². The molecule has 0 saturated carbocycles. The summed E-state index contributed by atoms with van der Waals surface area (Å²) in [4.78, 5) is -0.0104. The van der Waals surface area contributed by atoms with Gasteiger partial charge in [0.2, 0.25) is 10.0 Å². The molecule has 18 heavy (non-hydrogen) atoms. The number of hydrogen-bond acceptors (Lipinski definition) is 3. The van der Waals surface area contributed by atoms with Crippen molar-refractivity contribution in [3.63, 3.8) is 0 Å². The van der Waals surface area contributed by atoms with E-state index in [1.54, 1.807) is 6.92 Å². The maximum atomic E-state index is 12.1. The molecule has 0 amide bonds. The summed E-state index contributed by atoms with van der Waals surface area (Å²) in [5, 5.41) is 9.43. The van der Waals surface area contributed by atoms with Gasteiger partial charge in [-0.25, -0.2) is 13.1 Å². The van der Waals surface area contributed by atoms with Gasteiger partial charge in [-0.1, -0.05) is 30.1 Å². The Kier molecular flexibility index (Phi) is 5.89. The third kappa shape index (κ3) is 3.82. The molecule has 4 nitrogen and oxygen atoms in total. The van der Waals surface area contributed by atoms with E-state index in [0.717, 1.165) is 0 Å². The Bertz CT molecular complexity index is 532. The molecule has 0 aliphatic heterocycles. The Labute approximate surface area is 124 Å². The van der Waals surface area contributed by atoms with Crippen molar-refractivity contribution in [2.24, 2.45) is 0 Å². The minimum atomic E-state index is -3.75. The lowest BCUT2D eigenvalue weighted by Gasteiger charge is -2.15. The second-order valence-electron chi connectivity index (χ2n) is 3.61. The van der Waals surface area contributed by atoms with Gasteiger partial charge in [0.1, 0.15) is 0 Å². The summed E-state index contributed by atoms with van der Waals surface area (Å²) in [5.41, 5.74) is 0. The van der Waals surface area contributed by atoms with Crippen LogP contribution in [0.25, 0.3) is 0 Å². The zero-order valence-corrected chi connectivity index (χ0v) is 13.4. The Balaban J connectivity index is 3.16. The molecule has 8 heteroatoms. The van der Waals surface area contributed by atoms with Crippen LogP contribution < -0.4 is 4.72 Å². The van der Waals surface area contributed by atoms with E-state index in [-0.39, 0.29) is 21.5 Å². The van der Waals surface area contributed by atoms with Gasteiger partial charge in [0, 0.05) is 10.5 Å². The molecular weight excluding hydrogens is 365 g/mol. The number of benzene rings is 1. The van der Waals surface area contributed by atoms with Crippen LogP contribution in [0, 0.1) is 0 Å². The quantitative estimate of drug-likeness (QED) is 0.776. The minimum absolute atomic E-state index is 0.0104. The molecule has 0 spiro atoms. The SMILES string of the molecule is CC[C@H](CO)NS(=O)(=O)c1cc(Cl)c(Cl)cc1Br. The van der Waals surface area contributed by atoms with Crippen molar-refractivity contribution in [1.82, 2.24) is 4.72 Å². The summed E-state index contributed by atoms with van der Waals surface area (Å²) >= 11 is 14.7. The number of halogens is 3. The van der Waals surface area contributed by atoms with Crippen LogP contribution >= 0.6 is 39.1 Å². The highest BCUT2D eigenvalue weighted by molar-refractivity contribution is 9.10. The van der Waals surface area contributed by atoms with Gasteiger partial charge in [0.15, 0.2) is 0 Å². The first-order valence-corrected chi connectivity index (χ1v) is 8.12. The molecule has 0 bridgehead atoms. The van der Waals surface area contributed by atoms with Crippen LogP contribution in [-0.2, 0) is 10.0 Å². The zero-order chi connectivity index (χ0) is 13.9. The Morgan fingerprint density at radius 2 is 1.94 bits per heavy atom. The molecule has 1 aromatic carbocycles. The van der Waals surface area contributed by atoms with E-state index in [2.05, 4.69) is 20.7 Å². The Morgan fingerprint density at radius 3 is 2.44 bits per heavy atom. The summed E-state index contributed by atoms with van der Waals surface area (Å²) in [5.74, 6) is 0. The van der Waals surface area contributed by atoms with Crippen molar-refractivity contribution >= 4 is 49.2 Å². The number of nitrogens with one attached hydrogen (secondary N) is 1. The molecular formula is C10H12BrCl2NO3S. The molecule has 0 aromatic heterocycles. The molecule has 0 unspecified atom stereocenters. The Morgan fingerprint density at radius 1 is 1.39 bits per heavy atom. The highest BCUT2D eigenvalue weighted by Gasteiger charge is 2.22. The standard InChI is InChI=1S/C10H12BrCl2NO3S/c1-2-6(5-15)14-18(16,17)10-4-9(13)8(12)3-7(10)11/h3-4,6,14-15H,2,5H2,1H3/t6-/m1/s1. The first-order valence-electron chi connectivity index (χ1n) is 5.09. The van der Waals surface area contributed by atoms with Crippen LogP contribution in [0.15, 0.2) is 21.5 Å². The van der Waals surface area contributed by atoms with Gasteiger partial charge in [0.25, 0.3) is 0 Å². The normalized spacial score (nSPS) is 13.6. The molecule has 2 N–H and O–H groups in total. The summed E-state index contributed by atoms with van der Waals surface area (Å²) in [6.45, 7) is 1.50. The van der Waals surface area contributed by atoms with Gasteiger partial charge >= 0.3 is 0 Å². The fourth-order valence-corrected chi connectivity index (χ4v) is 4.14. The van der Waals surface area contributed by atoms with Crippen molar-refractivity contribution in [2.45, 2.75) is 24.3 Å². The van der Waals surface area contributed by atoms with E-state index in [4.69, 9.17) is 28.3 Å². The zero-order valence-electron chi connectivity index (χ0n) is 9.45. The van der Waals surface area contributed by atoms with E-state index in [9.17, 15) is 8.42 Å². The van der Waals surface area contributed by atoms with E-state index in [1.165, 1.54) is 12.1 Å². The van der Waals surface area contributed by atoms with Gasteiger partial charge < -0.3 is 5.11 Å². The topological polar surface area (TPSA) is 66.4 Å². The summed E-state index contributed by atoms with van der Waals surface area (Å²) in [6.07, 6.45) is 0.481. The maximum Gasteiger partial charge on any atom is 0.242 e. The number of rotatable bonds is 5. The van der Waals surface area contributed by atoms with Gasteiger partial charge in [-0.15, -0.1) is 0 Å². The van der Waals surface area contributed by atoms with Crippen LogP contribution in [0.3, 0.4) is 0 Å². The molecule has 0 aliphatic carbocycles. The molecule has 0 heterocycles. The molecule has 1 rings (SSSR count). The fraction of sp³-hybridized carbons (Fsp3) is 0.400. The van der Waals surface area contributed by atoms with Crippen molar-refractivity contribution in [3.8, 4) is 0 Å². The predicted octanol–water partition coefficient (Wildman–Crippen LogP) is 2.81. The number of aliphatic hydroxyl groups excluding tert-OH is 1. The monoisotopic (exact) mass is 375 g/mol. The molecule has 0 aliphatic rings. The van der Waals surface area contributed by atoms with Gasteiger partial charge in [-0.05, 0) is 34.5 Å². The van der Waals surface area contributed by atoms with Crippen LogP contribution in [0.4, 0.5) is 0 Å². The highest BCUT2D eigenvalue weighted by Crippen LogP contribution is 2.31. The van der Waals surface area contributed by atoms with Crippen molar-refractivity contribution in [2.75, 3.05) is 6.61 Å². The first-order chi connectivity index (χ1) is 8.31. The molecule has 0 saturated heterocycles. The summed E-state index contributed by atoms with van der Waals surface area (Å²) in [7, 11) is -3.75. The smallest absolute Gasteiger partial charge is 0.242 e. The molecule has 0 radical (unpaired) electrons. The van der Waals surface area contributed by atoms with Crippen LogP contribution in [0.5, 0.6) is 0 Å². The van der Waals surface area contributed by atoms with E-state index < -0.39 is 16.1 Å². The van der Waals surface area contributed by atoms with Crippen LogP contribution in [0.1, 0.15) is 13.3 Å². The van der Waals surface area contributed by atoms with Gasteiger partial charge in [-0.2, -0.15) is 0 Å². The lowest BCUT2D eigenvalue weighted by molar-refractivity contribution is 0.254. The van der Waals surface area contributed by atoms with E-state index in [0.29, 0.717) is 10.9 Å². The fourth-order valence-electron chi connectivity index (χ4n) is 1.24. The van der Waals surface area contributed by atoms with Gasteiger partial charge in [0.05, 0.1) is 21.5 Å². The number of aliphatic hydroxyl groups is 1. The van der Waals surface area contributed by atoms with Crippen LogP contribution in [0.2, 0.25) is 10.0 Å². The second-order valence-corrected chi connectivity index (χ2v) is 6.96.